The standard InChI is InChI=1S/C23H18N6O4/c1-32-13-7-5-12(6-8-13)20-14(10-24)22(27)29(23(31)15(20)11-25)28-17-3-2-4-18-21(17)16(26)9-19(30)33-18/h4-9,28H,2-3,26-27H2,1H3. The number of fused-ring (bicyclic) bond motifs is 1. The van der Waals surface area contributed by atoms with E-state index in [0.29, 0.717) is 35.1 Å². The summed E-state index contributed by atoms with van der Waals surface area (Å²) in [4.78, 5) is 24.9. The molecule has 33 heavy (non-hydrogen) atoms. The number of nitrogens with two attached hydrogens (primary N) is 2. The van der Waals surface area contributed by atoms with Crippen molar-refractivity contribution < 1.29 is 9.15 Å². The lowest BCUT2D eigenvalue weighted by Crippen LogP contribution is -2.41. The number of nitrogen functional groups attached to an aromatic ring is 2. The van der Waals surface area contributed by atoms with Gasteiger partial charge in [-0.05, 0) is 36.6 Å². The van der Waals surface area contributed by atoms with Crippen molar-refractivity contribution in [2.24, 2.45) is 0 Å². The fourth-order valence-corrected chi connectivity index (χ4v) is 3.78. The van der Waals surface area contributed by atoms with Crippen LogP contribution in [0.15, 0.2) is 44.3 Å². The van der Waals surface area contributed by atoms with E-state index in [1.54, 1.807) is 30.3 Å². The van der Waals surface area contributed by atoms with Crippen LogP contribution in [0, 0.1) is 22.7 Å². The van der Waals surface area contributed by atoms with E-state index >= 15 is 0 Å². The molecule has 0 radical (unpaired) electrons. The largest absolute Gasteiger partial charge is 0.497 e. The smallest absolute Gasteiger partial charge is 0.338 e. The molecule has 3 aromatic rings. The van der Waals surface area contributed by atoms with Gasteiger partial charge in [-0.1, -0.05) is 12.1 Å². The lowest BCUT2D eigenvalue weighted by Gasteiger charge is -2.20. The Hall–Kier alpha value is -4.96. The molecular formula is C23H18N6O4. The van der Waals surface area contributed by atoms with Crippen LogP contribution >= 0.6 is 0 Å². The van der Waals surface area contributed by atoms with Crippen molar-refractivity contribution in [3.8, 4) is 29.0 Å². The molecule has 10 nitrogen and oxygen atoms in total. The highest BCUT2D eigenvalue weighted by atomic mass is 16.5. The Bertz CT molecular complexity index is 1600. The number of nitrogens with zero attached hydrogens (tertiary/aromatic N) is 3. The molecule has 4 rings (SSSR count). The number of nitriles is 2. The Morgan fingerprint density at radius 2 is 1.82 bits per heavy atom. The molecular weight excluding hydrogens is 424 g/mol. The van der Waals surface area contributed by atoms with E-state index in [-0.39, 0.29) is 33.6 Å². The van der Waals surface area contributed by atoms with Crippen LogP contribution in [0.5, 0.6) is 5.75 Å². The zero-order valence-electron chi connectivity index (χ0n) is 17.5. The average Bonchev–Trinajstić information content (AvgIpc) is 2.81. The summed E-state index contributed by atoms with van der Waals surface area (Å²) < 4.78 is 11.3. The van der Waals surface area contributed by atoms with Gasteiger partial charge in [-0.2, -0.15) is 10.5 Å². The second kappa shape index (κ2) is 8.29. The van der Waals surface area contributed by atoms with Gasteiger partial charge in [0.2, 0.25) is 0 Å². The second-order valence-corrected chi connectivity index (χ2v) is 7.20. The first-order valence-corrected chi connectivity index (χ1v) is 9.82. The lowest BCUT2D eigenvalue weighted by molar-refractivity contribution is 0.415. The Kier molecular flexibility index (Phi) is 5.34. The topological polar surface area (TPSA) is 173 Å². The van der Waals surface area contributed by atoms with Crippen LogP contribution in [0.3, 0.4) is 0 Å². The average molecular weight is 442 g/mol. The van der Waals surface area contributed by atoms with Crippen molar-refractivity contribution in [1.29, 1.82) is 10.5 Å². The number of rotatable bonds is 4. The first kappa shape index (κ1) is 21.3. The van der Waals surface area contributed by atoms with Crippen molar-refractivity contribution >= 4 is 23.3 Å². The van der Waals surface area contributed by atoms with Gasteiger partial charge >= 0.3 is 5.63 Å². The number of benzene rings is 1. The fraction of sp³-hybridized carbons (Fsp3) is 0.130. The molecule has 164 valence electrons. The van der Waals surface area contributed by atoms with Crippen LogP contribution in [0.2, 0.25) is 0 Å². The highest BCUT2D eigenvalue weighted by Gasteiger charge is 2.23. The van der Waals surface area contributed by atoms with Crippen LogP contribution in [0.4, 0.5) is 11.5 Å². The van der Waals surface area contributed by atoms with Crippen molar-refractivity contribution in [1.82, 2.24) is 4.68 Å². The summed E-state index contributed by atoms with van der Waals surface area (Å²) in [6, 6.07) is 11.6. The summed E-state index contributed by atoms with van der Waals surface area (Å²) in [5.41, 5.74) is 15.0. The molecule has 0 atom stereocenters. The molecule has 2 aromatic heterocycles. The van der Waals surface area contributed by atoms with Gasteiger partial charge < -0.3 is 20.6 Å². The number of pyridine rings is 1. The molecule has 0 amide bonds. The number of anilines is 2. The number of methoxy groups -OCH3 is 1. The molecule has 0 spiro atoms. The van der Waals surface area contributed by atoms with E-state index in [1.165, 1.54) is 7.11 Å². The molecule has 2 heterocycles. The van der Waals surface area contributed by atoms with Crippen molar-refractivity contribution in [2.75, 3.05) is 24.0 Å². The van der Waals surface area contributed by atoms with E-state index in [0.717, 1.165) is 10.7 Å². The minimum absolute atomic E-state index is 0.0421. The summed E-state index contributed by atoms with van der Waals surface area (Å²) in [6.07, 6.45) is 2.66. The van der Waals surface area contributed by atoms with Gasteiger partial charge in [0.25, 0.3) is 5.56 Å². The van der Waals surface area contributed by atoms with E-state index in [4.69, 9.17) is 20.6 Å². The van der Waals surface area contributed by atoms with Gasteiger partial charge in [0.15, 0.2) is 0 Å². The summed E-state index contributed by atoms with van der Waals surface area (Å²) in [5.74, 6) is 0.402. The van der Waals surface area contributed by atoms with Crippen LogP contribution < -0.4 is 43.4 Å². The van der Waals surface area contributed by atoms with Crippen molar-refractivity contribution in [2.45, 2.75) is 12.8 Å². The van der Waals surface area contributed by atoms with E-state index < -0.39 is 11.2 Å². The molecule has 1 aliphatic rings. The lowest BCUT2D eigenvalue weighted by atomic mass is 9.96. The number of aromatic nitrogens is 1. The quantitative estimate of drug-likeness (QED) is 0.514. The maximum absolute atomic E-state index is 13.3. The molecule has 1 aliphatic carbocycles. The molecule has 0 saturated heterocycles. The van der Waals surface area contributed by atoms with Crippen LogP contribution in [0.1, 0.15) is 24.0 Å². The summed E-state index contributed by atoms with van der Waals surface area (Å²) >= 11 is 0. The minimum Gasteiger partial charge on any atom is -0.497 e. The molecule has 0 aliphatic heterocycles. The SMILES string of the molecule is COc1ccc(-c2c(C#N)c(N)n(NC3=c4c(N)cc(=O)oc4=CCC3)c(=O)c2C#N)cc1. The zero-order chi connectivity index (χ0) is 23.7. The van der Waals surface area contributed by atoms with Crippen molar-refractivity contribution in [3.63, 3.8) is 0 Å². The molecule has 10 heteroatoms. The van der Waals surface area contributed by atoms with Crippen LogP contribution in [-0.4, -0.2) is 11.8 Å². The molecule has 5 N–H and O–H groups in total. The van der Waals surface area contributed by atoms with Gasteiger partial charge in [-0.25, -0.2) is 9.47 Å². The number of hydrogen-bond donors (Lipinski definition) is 3. The fourth-order valence-electron chi connectivity index (χ4n) is 3.78. The third kappa shape index (κ3) is 3.56. The molecule has 0 fully saturated rings. The van der Waals surface area contributed by atoms with Crippen LogP contribution in [0.25, 0.3) is 22.9 Å². The first-order chi connectivity index (χ1) is 15.9. The predicted octanol–water partition coefficient (Wildman–Crippen LogP) is 0.311. The number of ether oxygens (including phenoxy) is 1. The van der Waals surface area contributed by atoms with Gasteiger partial charge in [-0.15, -0.1) is 0 Å². The third-order valence-corrected chi connectivity index (χ3v) is 5.31. The summed E-state index contributed by atoms with van der Waals surface area (Å²) in [6.45, 7) is 0. The van der Waals surface area contributed by atoms with E-state index in [2.05, 4.69) is 5.43 Å². The Morgan fingerprint density at radius 1 is 1.12 bits per heavy atom. The van der Waals surface area contributed by atoms with Gasteiger partial charge in [-0.3, -0.25) is 10.2 Å². The van der Waals surface area contributed by atoms with Crippen molar-refractivity contribution in [3.05, 3.63) is 72.9 Å². The number of nitrogens with one attached hydrogen (secondary N) is 1. The van der Waals surface area contributed by atoms with Crippen LogP contribution in [-0.2, 0) is 0 Å². The predicted molar refractivity (Wildman–Crippen MR) is 122 cm³/mol. The Morgan fingerprint density at radius 3 is 2.45 bits per heavy atom. The minimum atomic E-state index is -0.737. The molecule has 0 bridgehead atoms. The number of hydrogen-bond acceptors (Lipinski definition) is 9. The normalized spacial score (nSPS) is 12.2. The van der Waals surface area contributed by atoms with E-state index in [1.807, 2.05) is 12.1 Å². The van der Waals surface area contributed by atoms with Gasteiger partial charge in [0.05, 0.1) is 18.0 Å². The first-order valence-electron chi connectivity index (χ1n) is 9.82. The molecule has 0 saturated carbocycles. The van der Waals surface area contributed by atoms with Gasteiger partial charge in [0.1, 0.15) is 40.2 Å². The monoisotopic (exact) mass is 442 g/mol. The highest BCUT2D eigenvalue weighted by Crippen LogP contribution is 2.30. The molecule has 0 unspecified atom stereocenters. The summed E-state index contributed by atoms with van der Waals surface area (Å²) in [7, 11) is 1.51. The maximum Gasteiger partial charge on any atom is 0.338 e. The van der Waals surface area contributed by atoms with Gasteiger partial charge in [0, 0.05) is 17.3 Å². The third-order valence-electron chi connectivity index (χ3n) is 5.31. The summed E-state index contributed by atoms with van der Waals surface area (Å²) in [5, 5.41) is 20.1. The Balaban J connectivity index is 1.98. The zero-order valence-corrected chi connectivity index (χ0v) is 17.5. The van der Waals surface area contributed by atoms with E-state index in [9.17, 15) is 20.1 Å². The second-order valence-electron chi connectivity index (χ2n) is 7.20. The molecule has 1 aromatic carbocycles. The Labute approximate surface area is 186 Å². The highest BCUT2D eigenvalue weighted by molar-refractivity contribution is 5.81. The maximum atomic E-state index is 13.3.